The number of aryl methyl sites for hydroxylation is 4. The zero-order valence-electron chi connectivity index (χ0n) is 74.0. The summed E-state index contributed by atoms with van der Waals surface area (Å²) >= 11 is 15.9. The zero-order valence-corrected chi connectivity index (χ0v) is 80.5. The molecule has 0 spiro atoms. The van der Waals surface area contributed by atoms with Gasteiger partial charge in [0.2, 0.25) is 0 Å². The quantitative estimate of drug-likeness (QED) is 0.0202. The number of thiophene rings is 8. The van der Waals surface area contributed by atoms with E-state index in [9.17, 15) is 0 Å². The van der Waals surface area contributed by atoms with Crippen molar-refractivity contribution in [3.05, 3.63) is 153 Å². The van der Waals surface area contributed by atoms with Gasteiger partial charge in [0.25, 0.3) is 0 Å². The molecular formula is C110H146S8. The first-order chi connectivity index (χ1) is 58.4. The minimum absolute atomic E-state index is 0.910. The maximum Gasteiger partial charge on any atom is 0.0481 e. The molecule has 634 valence electrons. The Labute approximate surface area is 750 Å². The number of fused-ring (bicyclic) bond motifs is 2. The first-order valence-corrected chi connectivity index (χ1v) is 54.9. The maximum atomic E-state index is 3.97. The third-order valence-electron chi connectivity index (χ3n) is 24.5. The van der Waals surface area contributed by atoms with Gasteiger partial charge in [0.05, 0.1) is 0 Å². The molecule has 0 fully saturated rings. The largest absolute Gasteiger partial charge is 0.143 e. The van der Waals surface area contributed by atoms with E-state index in [-0.39, 0.29) is 0 Å². The standard InChI is InChI=1S/C110H146S8/c1-7-13-19-25-31-35-39-43-47-53-59-85-77-79-111-107(85)101-73-69-97(113-101)99-71-75-103(115-99)109-89(61-55-49-45-41-37-33-27-21-15-9-3)83-105(117-109)87-65-67-93-92(64-58-52-30-24-18-12-6)96-82-88(66-68-94(96)91(95(93)81-87)63-57-51-29-23-17-11-5)106-84-90(62-56-50-46-42-38-34-28-22-16-10-4)110(118-106)104-76-72-100(116-104)98-70-74-102(114-98)108-86(78-80-112-108)60-54-48-44-40-36-32-26-20-14-8-2/h65-84H,7-56,59-62H2,1-6H3. The molecular weight excluding hydrogens is 1580 g/mol. The molecule has 0 saturated carbocycles. The molecule has 0 N–H and O–H groups in total. The molecule has 0 amide bonds. The Morgan fingerprint density at radius 1 is 0.203 bits per heavy atom. The predicted octanol–water partition coefficient (Wildman–Crippen LogP) is 40.3. The number of hydrogen-bond acceptors (Lipinski definition) is 8. The van der Waals surface area contributed by atoms with Gasteiger partial charge < -0.3 is 0 Å². The Bertz CT molecular complexity index is 4450. The highest BCUT2D eigenvalue weighted by atomic mass is 32.1. The lowest BCUT2D eigenvalue weighted by atomic mass is 9.89. The van der Waals surface area contributed by atoms with Crippen LogP contribution in [-0.2, 0) is 25.7 Å². The molecule has 11 rings (SSSR count). The lowest BCUT2D eigenvalue weighted by molar-refractivity contribution is 0.556. The Hall–Kier alpha value is -5.10. The highest BCUT2D eigenvalue weighted by molar-refractivity contribution is 7.30. The van der Waals surface area contributed by atoms with Gasteiger partial charge in [-0.1, -0.05) is 359 Å². The van der Waals surface area contributed by atoms with E-state index in [1.54, 1.807) is 11.1 Å². The van der Waals surface area contributed by atoms with Crippen LogP contribution in [0, 0.1) is 23.7 Å². The molecule has 0 nitrogen and oxygen atoms in total. The Balaban J connectivity index is 0.901. The summed E-state index contributed by atoms with van der Waals surface area (Å²) in [7, 11) is 0. The molecule has 8 heterocycles. The first kappa shape index (κ1) is 93.6. The van der Waals surface area contributed by atoms with E-state index in [2.05, 4.69) is 185 Å². The molecule has 0 atom stereocenters. The zero-order chi connectivity index (χ0) is 81.8. The Kier molecular flexibility index (Phi) is 43.2. The van der Waals surface area contributed by atoms with Crippen molar-refractivity contribution in [2.24, 2.45) is 0 Å². The van der Waals surface area contributed by atoms with E-state index >= 15 is 0 Å². The second kappa shape index (κ2) is 54.5. The topological polar surface area (TPSA) is 0 Å². The van der Waals surface area contributed by atoms with E-state index in [0.717, 1.165) is 49.7 Å². The van der Waals surface area contributed by atoms with Crippen LogP contribution in [0.1, 0.15) is 396 Å². The summed E-state index contributed by atoms with van der Waals surface area (Å²) in [5.74, 6) is 15.6. The van der Waals surface area contributed by atoms with Gasteiger partial charge in [-0.25, -0.2) is 0 Å². The number of unbranched alkanes of at least 4 members (excludes halogenated alkanes) is 44. The third-order valence-corrected chi connectivity index (χ3v) is 34.4. The average molecular weight is 1720 g/mol. The molecule has 0 unspecified atom stereocenters. The van der Waals surface area contributed by atoms with Gasteiger partial charge in [-0.3, -0.25) is 0 Å². The van der Waals surface area contributed by atoms with Crippen molar-refractivity contribution < 1.29 is 0 Å². The SMILES string of the molecule is CCCCCCC#Cc1c2ccc(-c3cc(CCCCCCCCCCCC)c(-c4ccc(-c5ccc(-c6sccc6CCCCCCCCCCCC)s5)s4)s3)cc2c(C#CCCCCCC)c2ccc(-c3cc(CCCCCCCCCCCC)c(-c4ccc(-c5ccc(-c6sccc6CCCCCCCCCCCC)s5)s4)s3)cc12. The molecule has 0 aliphatic rings. The monoisotopic (exact) mass is 1720 g/mol. The van der Waals surface area contributed by atoms with Crippen LogP contribution in [0.2, 0.25) is 0 Å². The average Bonchev–Trinajstić information content (AvgIpc) is 1.05. The van der Waals surface area contributed by atoms with Crippen LogP contribution in [0.15, 0.2) is 120 Å². The van der Waals surface area contributed by atoms with Crippen molar-refractivity contribution in [2.75, 3.05) is 0 Å². The fraction of sp³-hybridized carbons (Fsp3) is 0.545. The van der Waals surface area contributed by atoms with Crippen molar-refractivity contribution in [1.82, 2.24) is 0 Å². The van der Waals surface area contributed by atoms with Crippen LogP contribution in [0.3, 0.4) is 0 Å². The van der Waals surface area contributed by atoms with Crippen LogP contribution in [0.4, 0.5) is 0 Å². The van der Waals surface area contributed by atoms with Gasteiger partial charge in [-0.2, -0.15) is 0 Å². The van der Waals surface area contributed by atoms with Crippen molar-refractivity contribution >= 4 is 112 Å². The summed E-state index contributed by atoms with van der Waals surface area (Å²) in [5, 5.41) is 9.63. The molecule has 0 bridgehead atoms. The highest BCUT2D eigenvalue weighted by Crippen LogP contribution is 2.50. The van der Waals surface area contributed by atoms with Crippen molar-refractivity contribution in [3.63, 3.8) is 0 Å². The molecule has 3 aromatic carbocycles. The van der Waals surface area contributed by atoms with Crippen molar-refractivity contribution in [3.8, 4) is 103 Å². The van der Waals surface area contributed by atoms with Crippen LogP contribution in [0.25, 0.3) is 101 Å². The smallest absolute Gasteiger partial charge is 0.0481 e. The molecule has 0 aliphatic heterocycles. The predicted molar refractivity (Wildman–Crippen MR) is 541 cm³/mol. The number of benzene rings is 3. The number of rotatable bonds is 60. The summed E-state index contributed by atoms with van der Waals surface area (Å²) in [5.41, 5.74) is 11.0. The lowest BCUT2D eigenvalue weighted by Gasteiger charge is -2.13. The van der Waals surface area contributed by atoms with Gasteiger partial charge in [-0.15, -0.1) is 90.7 Å². The lowest BCUT2D eigenvalue weighted by Crippen LogP contribution is -1.92. The van der Waals surface area contributed by atoms with Gasteiger partial charge >= 0.3 is 0 Å². The Morgan fingerprint density at radius 2 is 0.458 bits per heavy atom. The fourth-order valence-electron chi connectivity index (χ4n) is 17.4. The van der Waals surface area contributed by atoms with Crippen LogP contribution >= 0.6 is 90.7 Å². The molecule has 0 radical (unpaired) electrons. The fourth-order valence-corrected chi connectivity index (χ4v) is 26.5. The van der Waals surface area contributed by atoms with E-state index in [1.165, 1.54) is 420 Å². The molecule has 118 heavy (non-hydrogen) atoms. The normalized spacial score (nSPS) is 11.6. The van der Waals surface area contributed by atoms with Gasteiger partial charge in [0.1, 0.15) is 0 Å². The highest BCUT2D eigenvalue weighted by Gasteiger charge is 2.23. The summed E-state index contributed by atoms with van der Waals surface area (Å²) in [6.45, 7) is 13.9. The second-order valence-electron chi connectivity index (χ2n) is 34.4. The molecule has 11 aromatic rings. The van der Waals surface area contributed by atoms with Crippen LogP contribution in [0.5, 0.6) is 0 Å². The van der Waals surface area contributed by atoms with E-state index in [0.29, 0.717) is 0 Å². The minimum atomic E-state index is 0.910. The van der Waals surface area contributed by atoms with Gasteiger partial charge in [0.15, 0.2) is 0 Å². The van der Waals surface area contributed by atoms with Crippen molar-refractivity contribution in [1.29, 1.82) is 0 Å². The van der Waals surface area contributed by atoms with E-state index in [1.807, 2.05) is 90.7 Å². The van der Waals surface area contributed by atoms with Crippen LogP contribution in [-0.4, -0.2) is 0 Å². The summed E-state index contributed by atoms with van der Waals surface area (Å²) in [6.07, 6.45) is 70.7. The van der Waals surface area contributed by atoms with Gasteiger partial charge in [0, 0.05) is 92.2 Å². The van der Waals surface area contributed by atoms with Crippen molar-refractivity contribution in [2.45, 2.75) is 388 Å². The van der Waals surface area contributed by atoms with Crippen LogP contribution < -0.4 is 0 Å². The molecule has 8 heteroatoms. The summed E-state index contributed by atoms with van der Waals surface area (Å²) < 4.78 is 0. The first-order valence-electron chi connectivity index (χ1n) is 48.2. The molecule has 0 saturated heterocycles. The van der Waals surface area contributed by atoms with E-state index in [4.69, 9.17) is 0 Å². The summed E-state index contributed by atoms with van der Waals surface area (Å²) in [6, 6.07) is 44.3. The summed E-state index contributed by atoms with van der Waals surface area (Å²) in [4.78, 5) is 19.8. The molecule has 8 aromatic heterocycles. The number of hydrogen-bond donors (Lipinski definition) is 0. The third kappa shape index (κ3) is 29.6. The second-order valence-corrected chi connectivity index (χ2v) is 42.6. The van der Waals surface area contributed by atoms with E-state index < -0.39 is 0 Å². The van der Waals surface area contributed by atoms with Gasteiger partial charge in [-0.05, 0) is 215 Å². The molecule has 0 aliphatic carbocycles. The minimum Gasteiger partial charge on any atom is -0.143 e. The Morgan fingerprint density at radius 3 is 0.754 bits per heavy atom. The maximum absolute atomic E-state index is 3.97.